The summed E-state index contributed by atoms with van der Waals surface area (Å²) in [7, 11) is 0. The first-order valence-electron chi connectivity index (χ1n) is 8.77. The Labute approximate surface area is 183 Å². The maximum atomic E-state index is 10.2. The van der Waals surface area contributed by atoms with Crippen LogP contribution in [0.4, 0.5) is 0 Å². The number of thioether (sulfide) groups is 2. The number of aliphatic hydroxyl groups is 2. The van der Waals surface area contributed by atoms with Crippen LogP contribution in [0.1, 0.15) is 12.8 Å². The minimum absolute atomic E-state index is 0.0464. The van der Waals surface area contributed by atoms with Gasteiger partial charge in [-0.3, -0.25) is 9.59 Å². The van der Waals surface area contributed by atoms with Gasteiger partial charge >= 0.3 is 11.9 Å². The van der Waals surface area contributed by atoms with Crippen LogP contribution in [0.25, 0.3) is 0 Å². The van der Waals surface area contributed by atoms with Gasteiger partial charge in [-0.1, -0.05) is 0 Å². The van der Waals surface area contributed by atoms with E-state index in [0.717, 1.165) is 22.6 Å². The summed E-state index contributed by atoms with van der Waals surface area (Å²) in [6.07, 6.45) is 1.44. The van der Waals surface area contributed by atoms with E-state index >= 15 is 0 Å². The number of hydrogen-bond acceptors (Lipinski definition) is 8. The molecule has 0 spiro atoms. The number of unbranched alkanes of at least 4 members (excludes halogenated alkanes) is 1. The van der Waals surface area contributed by atoms with Gasteiger partial charge in [0.05, 0.1) is 11.5 Å². The predicted molar refractivity (Wildman–Crippen MR) is 116 cm³/mol. The molecule has 0 aliphatic heterocycles. The molecule has 6 N–H and O–H groups in total. The lowest BCUT2D eigenvalue weighted by atomic mass is 10.3. The van der Waals surface area contributed by atoms with E-state index in [1.165, 1.54) is 47.8 Å². The van der Waals surface area contributed by atoms with Gasteiger partial charge in [0.15, 0.2) is 0 Å². The number of aromatic hydroxyl groups is 2. The van der Waals surface area contributed by atoms with Gasteiger partial charge in [-0.05, 0) is 61.4 Å². The van der Waals surface area contributed by atoms with Crippen molar-refractivity contribution in [2.45, 2.75) is 22.6 Å². The molecule has 2 rings (SSSR count). The number of carbonyl (C=O) groups is 2. The van der Waals surface area contributed by atoms with Crippen LogP contribution >= 0.6 is 23.5 Å². The van der Waals surface area contributed by atoms with Crippen LogP contribution in [-0.4, -0.2) is 67.3 Å². The fraction of sp³-hybridized carbons (Fsp3) is 0.300. The van der Waals surface area contributed by atoms with Crippen molar-refractivity contribution in [3.63, 3.8) is 0 Å². The minimum atomic E-state index is -0.840. The molecule has 2 aromatic carbocycles. The maximum absolute atomic E-state index is 10.2. The number of carboxylic acids is 2. The number of aliphatic hydroxyl groups excluding tert-OH is 2. The third-order valence-corrected chi connectivity index (χ3v) is 4.96. The van der Waals surface area contributed by atoms with E-state index in [-0.39, 0.29) is 36.2 Å². The Morgan fingerprint density at radius 3 is 1.17 bits per heavy atom. The Morgan fingerprint density at radius 2 is 0.933 bits per heavy atom. The van der Waals surface area contributed by atoms with E-state index in [4.69, 9.17) is 30.6 Å². The SMILES string of the molecule is O=C(O)CSc1ccc(O)cc1.O=C(O)CSc1ccc(O)cc1.OCCCCO. The van der Waals surface area contributed by atoms with Crippen molar-refractivity contribution >= 4 is 35.5 Å². The maximum Gasteiger partial charge on any atom is 0.313 e. The van der Waals surface area contributed by atoms with E-state index in [1.54, 1.807) is 24.3 Å². The molecule has 0 fully saturated rings. The first kappa shape index (κ1) is 27.6. The number of aliphatic carboxylic acids is 2. The van der Waals surface area contributed by atoms with E-state index in [2.05, 4.69) is 0 Å². The molecule has 10 heteroatoms. The number of rotatable bonds is 9. The molecule has 8 nitrogen and oxygen atoms in total. The molecule has 166 valence electrons. The van der Waals surface area contributed by atoms with E-state index in [1.807, 2.05) is 0 Å². The summed E-state index contributed by atoms with van der Waals surface area (Å²) in [6.45, 7) is 0.390. The Bertz CT molecular complexity index is 657. The fourth-order valence-electron chi connectivity index (χ4n) is 1.60. The van der Waals surface area contributed by atoms with Crippen LogP contribution in [0.3, 0.4) is 0 Å². The van der Waals surface area contributed by atoms with Gasteiger partial charge in [-0.25, -0.2) is 0 Å². The average molecular weight is 459 g/mol. The summed E-state index contributed by atoms with van der Waals surface area (Å²) in [4.78, 5) is 22.0. The largest absolute Gasteiger partial charge is 0.508 e. The number of carboxylic acid groups (broad SMARTS) is 2. The summed E-state index contributed by atoms with van der Waals surface area (Å²) < 4.78 is 0. The molecular formula is C20H26O8S2. The highest BCUT2D eigenvalue weighted by Crippen LogP contribution is 2.20. The monoisotopic (exact) mass is 458 g/mol. The Morgan fingerprint density at radius 1 is 0.633 bits per heavy atom. The lowest BCUT2D eigenvalue weighted by Crippen LogP contribution is -1.96. The van der Waals surface area contributed by atoms with Gasteiger partial charge in [-0.2, -0.15) is 0 Å². The second kappa shape index (κ2) is 17.5. The highest BCUT2D eigenvalue weighted by atomic mass is 32.2. The van der Waals surface area contributed by atoms with E-state index in [9.17, 15) is 9.59 Å². The summed E-state index contributed by atoms with van der Waals surface area (Å²) >= 11 is 2.45. The van der Waals surface area contributed by atoms with Crippen LogP contribution < -0.4 is 0 Å². The zero-order chi connectivity index (χ0) is 22.8. The number of phenols is 2. The molecule has 0 amide bonds. The molecule has 0 radical (unpaired) electrons. The molecule has 0 heterocycles. The van der Waals surface area contributed by atoms with Crippen molar-refractivity contribution in [2.24, 2.45) is 0 Å². The van der Waals surface area contributed by atoms with E-state index < -0.39 is 11.9 Å². The highest BCUT2D eigenvalue weighted by Gasteiger charge is 1.99. The molecule has 0 unspecified atom stereocenters. The van der Waals surface area contributed by atoms with Gasteiger partial charge in [0.1, 0.15) is 11.5 Å². The van der Waals surface area contributed by atoms with Crippen molar-refractivity contribution in [3.05, 3.63) is 48.5 Å². The molecule has 0 atom stereocenters. The van der Waals surface area contributed by atoms with Crippen molar-refractivity contribution in [1.29, 1.82) is 0 Å². The quantitative estimate of drug-likeness (QED) is 0.244. The zero-order valence-corrected chi connectivity index (χ0v) is 17.8. The van der Waals surface area contributed by atoms with Gasteiger partial charge in [0.2, 0.25) is 0 Å². The van der Waals surface area contributed by atoms with Gasteiger partial charge in [0.25, 0.3) is 0 Å². The van der Waals surface area contributed by atoms with E-state index in [0.29, 0.717) is 0 Å². The minimum Gasteiger partial charge on any atom is -0.508 e. The third-order valence-electron chi connectivity index (χ3n) is 2.96. The van der Waals surface area contributed by atoms with Crippen molar-refractivity contribution in [2.75, 3.05) is 24.7 Å². The number of benzene rings is 2. The second-order valence-corrected chi connectivity index (χ2v) is 7.60. The standard InChI is InChI=1S/2C8H8O3S.C4H10O2/c2*9-6-1-3-7(4-2-6)12-5-8(10)11;5-3-1-2-4-6/h2*1-4,9H,5H2,(H,10,11);5-6H,1-4H2. The summed E-state index contributed by atoms with van der Waals surface area (Å²) in [5.74, 6) is -1.21. The predicted octanol–water partition coefficient (Wildman–Crippen LogP) is 2.89. The lowest BCUT2D eigenvalue weighted by Gasteiger charge is -1.97. The third kappa shape index (κ3) is 16.5. The molecule has 0 aliphatic carbocycles. The Hall–Kier alpha value is -2.40. The normalized spacial score (nSPS) is 9.53. The molecule has 0 bridgehead atoms. The summed E-state index contributed by atoms with van der Waals surface area (Å²) in [5, 5.41) is 50.7. The van der Waals surface area contributed by atoms with Gasteiger partial charge in [0, 0.05) is 23.0 Å². The highest BCUT2D eigenvalue weighted by molar-refractivity contribution is 8.00. The summed E-state index contributed by atoms with van der Waals surface area (Å²) in [6, 6.07) is 12.9. The zero-order valence-electron chi connectivity index (χ0n) is 16.2. The molecule has 0 aliphatic rings. The first-order chi connectivity index (χ1) is 14.3. The van der Waals surface area contributed by atoms with Crippen LogP contribution in [-0.2, 0) is 9.59 Å². The molecule has 2 aromatic rings. The van der Waals surface area contributed by atoms with Crippen molar-refractivity contribution in [3.8, 4) is 11.5 Å². The van der Waals surface area contributed by atoms with Crippen molar-refractivity contribution < 1.29 is 40.2 Å². The molecule has 30 heavy (non-hydrogen) atoms. The molecule has 0 saturated heterocycles. The average Bonchev–Trinajstić information content (AvgIpc) is 2.72. The number of phenolic OH excluding ortho intramolecular Hbond substituents is 2. The topological polar surface area (TPSA) is 156 Å². The van der Waals surface area contributed by atoms with Crippen LogP contribution in [0.2, 0.25) is 0 Å². The summed E-state index contributed by atoms with van der Waals surface area (Å²) in [5.41, 5.74) is 0. The Balaban J connectivity index is 0.000000447. The van der Waals surface area contributed by atoms with Gasteiger partial charge in [-0.15, -0.1) is 23.5 Å². The van der Waals surface area contributed by atoms with Crippen molar-refractivity contribution in [1.82, 2.24) is 0 Å². The lowest BCUT2D eigenvalue weighted by molar-refractivity contribution is -0.134. The Kier molecular flexibility index (Phi) is 16.1. The smallest absolute Gasteiger partial charge is 0.313 e. The van der Waals surface area contributed by atoms with Crippen LogP contribution in [0.5, 0.6) is 11.5 Å². The first-order valence-corrected chi connectivity index (χ1v) is 10.7. The molecule has 0 aromatic heterocycles. The van der Waals surface area contributed by atoms with Crippen LogP contribution in [0, 0.1) is 0 Å². The molecular weight excluding hydrogens is 432 g/mol. The molecule has 0 saturated carbocycles. The van der Waals surface area contributed by atoms with Crippen LogP contribution in [0.15, 0.2) is 58.3 Å². The second-order valence-electron chi connectivity index (χ2n) is 5.51. The van der Waals surface area contributed by atoms with Gasteiger partial charge < -0.3 is 30.6 Å². The number of hydrogen-bond donors (Lipinski definition) is 6. The fourth-order valence-corrected chi connectivity index (χ4v) is 2.84.